The molecule has 0 fully saturated rings. The molecule has 21 heavy (non-hydrogen) atoms. The molecule has 0 saturated heterocycles. The second-order valence-corrected chi connectivity index (χ2v) is 4.25. The second kappa shape index (κ2) is 5.57. The van der Waals surface area contributed by atoms with Crippen LogP contribution in [-0.2, 0) is 6.18 Å². The van der Waals surface area contributed by atoms with Gasteiger partial charge in [0.05, 0.1) is 11.3 Å². The van der Waals surface area contributed by atoms with Gasteiger partial charge in [0.15, 0.2) is 0 Å². The van der Waals surface area contributed by atoms with Crippen LogP contribution in [0.3, 0.4) is 0 Å². The van der Waals surface area contributed by atoms with E-state index in [1.165, 1.54) is 30.1 Å². The van der Waals surface area contributed by atoms with Gasteiger partial charge in [-0.2, -0.15) is 13.2 Å². The Hall–Kier alpha value is -2.35. The van der Waals surface area contributed by atoms with Crippen LogP contribution in [0, 0.1) is 5.82 Å². The van der Waals surface area contributed by atoms with Crippen LogP contribution >= 0.6 is 0 Å². The number of hydrogen-bond donors (Lipinski definition) is 2. The summed E-state index contributed by atoms with van der Waals surface area (Å²) in [7, 11) is 1.42. The van der Waals surface area contributed by atoms with E-state index in [4.69, 9.17) is 5.84 Å². The van der Waals surface area contributed by atoms with Crippen molar-refractivity contribution in [2.75, 3.05) is 17.4 Å². The zero-order chi connectivity index (χ0) is 15.6. The zero-order valence-electron chi connectivity index (χ0n) is 10.9. The maximum absolute atomic E-state index is 13.7. The number of halogens is 4. The third-order valence-corrected chi connectivity index (χ3v) is 2.84. The van der Waals surface area contributed by atoms with Crippen molar-refractivity contribution in [1.29, 1.82) is 0 Å². The highest BCUT2D eigenvalue weighted by atomic mass is 19.4. The third kappa shape index (κ3) is 3.22. The number of nitrogens with zero attached hydrogens (tertiary/aromatic N) is 2. The van der Waals surface area contributed by atoms with Crippen LogP contribution in [0.25, 0.3) is 0 Å². The number of nitrogen functional groups attached to an aromatic ring is 1. The fraction of sp³-hybridized carbons (Fsp3) is 0.154. The average Bonchev–Trinajstić information content (AvgIpc) is 2.45. The van der Waals surface area contributed by atoms with Gasteiger partial charge < -0.3 is 10.3 Å². The number of aromatic nitrogens is 1. The molecule has 112 valence electrons. The van der Waals surface area contributed by atoms with E-state index in [-0.39, 0.29) is 17.3 Å². The van der Waals surface area contributed by atoms with E-state index in [2.05, 4.69) is 10.4 Å². The molecule has 8 heteroatoms. The van der Waals surface area contributed by atoms with Gasteiger partial charge in [-0.25, -0.2) is 15.2 Å². The number of hydrazine groups is 1. The first-order valence-electron chi connectivity index (χ1n) is 5.87. The van der Waals surface area contributed by atoms with Crippen molar-refractivity contribution >= 4 is 17.3 Å². The SMILES string of the molecule is CN(c1cc(C(F)(F)F)cc(NN)n1)c1ccccc1F. The summed E-state index contributed by atoms with van der Waals surface area (Å²) >= 11 is 0. The lowest BCUT2D eigenvalue weighted by Crippen LogP contribution is -2.17. The number of alkyl halides is 3. The number of rotatable bonds is 3. The molecule has 3 N–H and O–H groups in total. The van der Waals surface area contributed by atoms with Gasteiger partial charge in [0.25, 0.3) is 0 Å². The Morgan fingerprint density at radius 3 is 2.43 bits per heavy atom. The van der Waals surface area contributed by atoms with E-state index in [0.29, 0.717) is 0 Å². The molecule has 0 spiro atoms. The normalized spacial score (nSPS) is 11.3. The van der Waals surface area contributed by atoms with Crippen molar-refractivity contribution in [1.82, 2.24) is 4.98 Å². The van der Waals surface area contributed by atoms with Crippen molar-refractivity contribution in [3.63, 3.8) is 0 Å². The maximum Gasteiger partial charge on any atom is 0.416 e. The van der Waals surface area contributed by atoms with E-state index < -0.39 is 17.6 Å². The molecular weight excluding hydrogens is 288 g/mol. The molecule has 1 heterocycles. The van der Waals surface area contributed by atoms with Crippen LogP contribution in [0.5, 0.6) is 0 Å². The summed E-state index contributed by atoms with van der Waals surface area (Å²) in [5, 5.41) is 0. The predicted octanol–water partition coefficient (Wildman–Crippen LogP) is 3.29. The van der Waals surface area contributed by atoms with Crippen LogP contribution in [0.4, 0.5) is 34.9 Å². The monoisotopic (exact) mass is 300 g/mol. The first-order valence-corrected chi connectivity index (χ1v) is 5.87. The molecule has 0 atom stereocenters. The molecule has 2 rings (SSSR count). The second-order valence-electron chi connectivity index (χ2n) is 4.25. The summed E-state index contributed by atoms with van der Waals surface area (Å²) < 4.78 is 52.2. The van der Waals surface area contributed by atoms with E-state index in [1.807, 2.05) is 0 Å². The van der Waals surface area contributed by atoms with Crippen molar-refractivity contribution in [2.24, 2.45) is 5.84 Å². The number of anilines is 3. The molecule has 0 aliphatic rings. The summed E-state index contributed by atoms with van der Waals surface area (Å²) in [5.41, 5.74) is 1.25. The van der Waals surface area contributed by atoms with Gasteiger partial charge in [-0.3, -0.25) is 0 Å². The summed E-state index contributed by atoms with van der Waals surface area (Å²) in [5.74, 6) is 4.31. The minimum Gasteiger partial charge on any atom is -0.327 e. The molecule has 2 aromatic rings. The van der Waals surface area contributed by atoms with Crippen molar-refractivity contribution in [3.8, 4) is 0 Å². The zero-order valence-corrected chi connectivity index (χ0v) is 10.9. The van der Waals surface area contributed by atoms with Crippen molar-refractivity contribution in [3.05, 3.63) is 47.8 Å². The largest absolute Gasteiger partial charge is 0.416 e. The van der Waals surface area contributed by atoms with Gasteiger partial charge in [0.2, 0.25) is 0 Å². The number of para-hydroxylation sites is 1. The molecule has 0 aliphatic heterocycles. The minimum atomic E-state index is -4.56. The third-order valence-electron chi connectivity index (χ3n) is 2.84. The minimum absolute atomic E-state index is 0.0807. The van der Waals surface area contributed by atoms with E-state index in [0.717, 1.165) is 12.1 Å². The van der Waals surface area contributed by atoms with E-state index >= 15 is 0 Å². The number of benzene rings is 1. The Labute approximate surface area is 118 Å². The lowest BCUT2D eigenvalue weighted by atomic mass is 10.2. The lowest BCUT2D eigenvalue weighted by Gasteiger charge is -2.21. The van der Waals surface area contributed by atoms with Gasteiger partial charge >= 0.3 is 6.18 Å². The Bertz CT molecular complexity index is 642. The van der Waals surface area contributed by atoms with Crippen LogP contribution in [0.2, 0.25) is 0 Å². The maximum atomic E-state index is 13.7. The number of nitrogens with two attached hydrogens (primary N) is 1. The first kappa shape index (κ1) is 15.0. The first-order chi connectivity index (χ1) is 9.82. The van der Waals surface area contributed by atoms with Gasteiger partial charge in [0.1, 0.15) is 17.5 Å². The van der Waals surface area contributed by atoms with Crippen LogP contribution < -0.4 is 16.2 Å². The van der Waals surface area contributed by atoms with E-state index in [1.54, 1.807) is 6.07 Å². The molecule has 0 amide bonds. The lowest BCUT2D eigenvalue weighted by molar-refractivity contribution is -0.137. The average molecular weight is 300 g/mol. The number of nitrogens with one attached hydrogen (secondary N) is 1. The Balaban J connectivity index is 2.51. The van der Waals surface area contributed by atoms with Gasteiger partial charge in [-0.05, 0) is 24.3 Å². The molecule has 1 aromatic carbocycles. The molecule has 4 nitrogen and oxygen atoms in total. The summed E-state index contributed by atoms with van der Waals surface area (Å²) in [6, 6.07) is 7.31. The van der Waals surface area contributed by atoms with Gasteiger partial charge in [-0.1, -0.05) is 12.1 Å². The highest BCUT2D eigenvalue weighted by molar-refractivity contribution is 5.62. The molecule has 0 radical (unpaired) electrons. The smallest absolute Gasteiger partial charge is 0.327 e. The summed E-state index contributed by atoms with van der Waals surface area (Å²) in [6.45, 7) is 0. The van der Waals surface area contributed by atoms with Gasteiger partial charge in [-0.15, -0.1) is 0 Å². The molecule has 0 saturated carbocycles. The molecule has 1 aromatic heterocycles. The predicted molar refractivity (Wildman–Crippen MR) is 71.5 cm³/mol. The van der Waals surface area contributed by atoms with Crippen molar-refractivity contribution < 1.29 is 17.6 Å². The fourth-order valence-electron chi connectivity index (χ4n) is 1.77. The molecular formula is C13H12F4N4. The Kier molecular flexibility index (Phi) is 3.99. The van der Waals surface area contributed by atoms with Crippen LogP contribution in [0.1, 0.15) is 5.56 Å². The van der Waals surface area contributed by atoms with Crippen LogP contribution in [0.15, 0.2) is 36.4 Å². The van der Waals surface area contributed by atoms with Crippen LogP contribution in [-0.4, -0.2) is 12.0 Å². The van der Waals surface area contributed by atoms with Gasteiger partial charge in [0, 0.05) is 7.05 Å². The summed E-state index contributed by atoms with van der Waals surface area (Å²) in [6.07, 6.45) is -4.56. The molecule has 0 aliphatic carbocycles. The molecule has 0 bridgehead atoms. The fourth-order valence-corrected chi connectivity index (χ4v) is 1.77. The highest BCUT2D eigenvalue weighted by Gasteiger charge is 2.32. The summed E-state index contributed by atoms with van der Waals surface area (Å²) in [4.78, 5) is 5.12. The van der Waals surface area contributed by atoms with Crippen molar-refractivity contribution in [2.45, 2.75) is 6.18 Å². The Morgan fingerprint density at radius 1 is 1.19 bits per heavy atom. The quantitative estimate of drug-likeness (QED) is 0.519. The number of pyridine rings is 1. The molecule has 0 unspecified atom stereocenters. The number of hydrogen-bond acceptors (Lipinski definition) is 4. The topological polar surface area (TPSA) is 54.2 Å². The highest BCUT2D eigenvalue weighted by Crippen LogP contribution is 2.34. The Morgan fingerprint density at radius 2 is 1.86 bits per heavy atom. The van der Waals surface area contributed by atoms with E-state index in [9.17, 15) is 17.6 Å². The standard InChI is InChI=1S/C13H12F4N4/c1-21(10-5-3-2-4-9(10)14)12-7-8(13(15,16)17)6-11(19-12)20-18/h2-7H,18H2,1H3,(H,19,20).